The number of hydrogen-bond acceptors (Lipinski definition) is 3. The fourth-order valence-electron chi connectivity index (χ4n) is 7.43. The highest BCUT2D eigenvalue weighted by atomic mass is 15.0. The molecule has 4 heteroatoms. The van der Waals surface area contributed by atoms with Gasteiger partial charge in [0.05, 0.1) is 34.4 Å². The van der Waals surface area contributed by atoms with Crippen LogP contribution in [0.15, 0.2) is 187 Å². The summed E-state index contributed by atoms with van der Waals surface area (Å²) in [4.78, 5) is 5.21. The first-order valence-corrected chi connectivity index (χ1v) is 17.6. The Morgan fingerprint density at radius 1 is 0.558 bits per heavy atom. The van der Waals surface area contributed by atoms with E-state index in [1.165, 1.54) is 27.4 Å². The second kappa shape index (κ2) is 13.4. The summed E-state index contributed by atoms with van der Waals surface area (Å²) >= 11 is 0. The Kier molecular flexibility index (Phi) is 8.00. The number of benzene rings is 7. The van der Waals surface area contributed by atoms with Gasteiger partial charge in [0.25, 0.3) is 0 Å². The van der Waals surface area contributed by atoms with Crippen LogP contribution in [-0.4, -0.2) is 22.9 Å². The van der Waals surface area contributed by atoms with Crippen LogP contribution in [0.2, 0.25) is 0 Å². The maximum atomic E-state index is 9.63. The van der Waals surface area contributed by atoms with E-state index in [-0.39, 0.29) is 6.04 Å². The van der Waals surface area contributed by atoms with Gasteiger partial charge in [-0.05, 0) is 94.1 Å². The molecule has 52 heavy (non-hydrogen) atoms. The minimum Gasteiger partial charge on any atom is -0.382 e. The number of nitriles is 1. The predicted octanol–water partition coefficient (Wildman–Crippen LogP) is 11.4. The number of nitrogens with one attached hydrogen (secondary N) is 1. The maximum absolute atomic E-state index is 9.63. The largest absolute Gasteiger partial charge is 0.382 e. The van der Waals surface area contributed by atoms with Gasteiger partial charge in [-0.1, -0.05) is 121 Å². The molecule has 1 atom stereocenters. The highest BCUT2D eigenvalue weighted by molar-refractivity contribution is 6.15. The first-order valence-electron chi connectivity index (χ1n) is 17.6. The van der Waals surface area contributed by atoms with E-state index in [2.05, 4.69) is 162 Å². The average Bonchev–Trinajstić information content (AvgIpc) is 3.80. The van der Waals surface area contributed by atoms with E-state index >= 15 is 0 Å². The Hall–Kier alpha value is -6.96. The molecule has 1 aromatic heterocycles. The second-order valence-corrected chi connectivity index (χ2v) is 13.1. The molecule has 1 aliphatic heterocycles. The van der Waals surface area contributed by atoms with Crippen LogP contribution < -0.4 is 5.32 Å². The van der Waals surface area contributed by atoms with E-state index in [0.29, 0.717) is 12.1 Å². The first kappa shape index (κ1) is 31.1. The molecule has 9 rings (SSSR count). The lowest BCUT2D eigenvalue weighted by Gasteiger charge is -2.18. The van der Waals surface area contributed by atoms with Crippen molar-refractivity contribution >= 4 is 38.8 Å². The van der Waals surface area contributed by atoms with Crippen molar-refractivity contribution in [3.05, 3.63) is 199 Å². The zero-order valence-electron chi connectivity index (χ0n) is 28.4. The predicted molar refractivity (Wildman–Crippen MR) is 216 cm³/mol. The average molecular weight is 667 g/mol. The summed E-state index contributed by atoms with van der Waals surface area (Å²) in [6.07, 6.45) is 2.17. The second-order valence-electron chi connectivity index (χ2n) is 13.1. The molecule has 7 aromatic carbocycles. The molecule has 0 spiro atoms. The van der Waals surface area contributed by atoms with Gasteiger partial charge >= 0.3 is 0 Å². The van der Waals surface area contributed by atoms with Crippen LogP contribution in [0.25, 0.3) is 55.3 Å². The molecule has 0 saturated heterocycles. The van der Waals surface area contributed by atoms with Gasteiger partial charge in [0, 0.05) is 34.3 Å². The van der Waals surface area contributed by atoms with Gasteiger partial charge in [0.1, 0.15) is 0 Å². The SMILES string of the molecule is N#Cc1cccc(C2=CC(c3ccccc3)=NC2CNc2ccc(-c3ccc4c(c3)c3ccccc3n4-c3ccccc3)cc2-c2ccccc2)c1. The Bertz CT molecular complexity index is 2680. The molecule has 4 nitrogen and oxygen atoms in total. The fraction of sp³-hybridized carbons (Fsp3) is 0.0417. The number of anilines is 1. The number of rotatable bonds is 8. The lowest BCUT2D eigenvalue weighted by molar-refractivity contribution is 0.890. The van der Waals surface area contributed by atoms with Crippen LogP contribution in [0.3, 0.4) is 0 Å². The van der Waals surface area contributed by atoms with E-state index in [1.54, 1.807) is 0 Å². The molecule has 0 radical (unpaired) electrons. The van der Waals surface area contributed by atoms with E-state index in [9.17, 15) is 5.26 Å². The van der Waals surface area contributed by atoms with Crippen LogP contribution in [0.1, 0.15) is 16.7 Å². The number of para-hydroxylation sites is 2. The molecule has 2 heterocycles. The minimum absolute atomic E-state index is 0.128. The Labute approximate surface area is 303 Å². The standard InChI is InChI=1S/C48H34N4/c49-31-33-13-12-18-38(27-33)42-30-45(35-16-6-2-7-17-35)51-46(42)32-50-44-25-23-36(28-41(44)34-14-4-1-5-15-34)37-24-26-48-43(29-37)40-21-10-11-22-47(40)52(48)39-19-8-3-9-20-39/h1-30,46,50H,32H2. The molecule has 0 fully saturated rings. The van der Waals surface area contributed by atoms with Gasteiger partial charge in [-0.3, -0.25) is 4.99 Å². The van der Waals surface area contributed by atoms with Gasteiger partial charge < -0.3 is 9.88 Å². The van der Waals surface area contributed by atoms with Gasteiger partial charge in [-0.15, -0.1) is 0 Å². The van der Waals surface area contributed by atoms with Crippen molar-refractivity contribution in [2.45, 2.75) is 6.04 Å². The molecule has 8 aromatic rings. The lowest BCUT2D eigenvalue weighted by Crippen LogP contribution is -2.18. The monoisotopic (exact) mass is 666 g/mol. The van der Waals surface area contributed by atoms with Crippen molar-refractivity contribution in [1.82, 2.24) is 4.57 Å². The van der Waals surface area contributed by atoms with Crippen molar-refractivity contribution in [3.63, 3.8) is 0 Å². The smallest absolute Gasteiger partial charge is 0.0991 e. The number of fused-ring (bicyclic) bond motifs is 3. The maximum Gasteiger partial charge on any atom is 0.0991 e. The first-order chi connectivity index (χ1) is 25.7. The van der Waals surface area contributed by atoms with Gasteiger partial charge in [0.15, 0.2) is 0 Å². The number of aliphatic imine (C=N–C) groups is 1. The zero-order chi connectivity index (χ0) is 34.9. The number of aromatic nitrogens is 1. The van der Waals surface area contributed by atoms with E-state index < -0.39 is 0 Å². The van der Waals surface area contributed by atoms with E-state index in [1.807, 2.05) is 36.4 Å². The summed E-state index contributed by atoms with van der Waals surface area (Å²) in [5, 5.41) is 15.9. The molecule has 0 aliphatic carbocycles. The summed E-state index contributed by atoms with van der Waals surface area (Å²) in [6.45, 7) is 0.600. The summed E-state index contributed by atoms with van der Waals surface area (Å²) in [6, 6.07) is 63.6. The summed E-state index contributed by atoms with van der Waals surface area (Å²) < 4.78 is 2.35. The van der Waals surface area contributed by atoms with Crippen molar-refractivity contribution in [2.24, 2.45) is 4.99 Å². The van der Waals surface area contributed by atoms with Crippen molar-refractivity contribution in [2.75, 3.05) is 11.9 Å². The molecule has 0 amide bonds. The third-order valence-corrected chi connectivity index (χ3v) is 9.95. The normalized spacial score (nSPS) is 13.9. The quantitative estimate of drug-likeness (QED) is 0.175. The van der Waals surface area contributed by atoms with Crippen LogP contribution in [0.4, 0.5) is 5.69 Å². The molecule has 1 unspecified atom stereocenters. The van der Waals surface area contributed by atoms with Crippen molar-refractivity contribution in [3.8, 4) is 34.0 Å². The molecular formula is C48H34N4. The third kappa shape index (κ3) is 5.75. The lowest BCUT2D eigenvalue weighted by atomic mass is 9.95. The van der Waals surface area contributed by atoms with E-state index in [4.69, 9.17) is 4.99 Å². The third-order valence-electron chi connectivity index (χ3n) is 9.95. The molecule has 0 saturated carbocycles. The summed E-state index contributed by atoms with van der Waals surface area (Å²) in [5.41, 5.74) is 14.0. The van der Waals surface area contributed by atoms with E-state index in [0.717, 1.165) is 50.5 Å². The number of hydrogen-bond donors (Lipinski definition) is 1. The van der Waals surface area contributed by atoms with Crippen LogP contribution in [0, 0.1) is 11.3 Å². The summed E-state index contributed by atoms with van der Waals surface area (Å²) in [5.74, 6) is 0. The highest BCUT2D eigenvalue weighted by Gasteiger charge is 2.24. The van der Waals surface area contributed by atoms with Gasteiger partial charge in [-0.25, -0.2) is 0 Å². The Morgan fingerprint density at radius 3 is 2.00 bits per heavy atom. The van der Waals surface area contributed by atoms with Crippen molar-refractivity contribution < 1.29 is 0 Å². The number of allylic oxidation sites excluding steroid dienone is 1. The Balaban J connectivity index is 1.09. The van der Waals surface area contributed by atoms with Crippen molar-refractivity contribution in [1.29, 1.82) is 5.26 Å². The Morgan fingerprint density at radius 2 is 1.21 bits per heavy atom. The zero-order valence-corrected chi connectivity index (χ0v) is 28.4. The molecule has 1 N–H and O–H groups in total. The highest BCUT2D eigenvalue weighted by Crippen LogP contribution is 2.38. The molecule has 0 bridgehead atoms. The number of nitrogens with zero attached hydrogens (tertiary/aromatic N) is 3. The molecule has 246 valence electrons. The van der Waals surface area contributed by atoms with Crippen LogP contribution in [0.5, 0.6) is 0 Å². The van der Waals surface area contributed by atoms with Gasteiger partial charge in [-0.2, -0.15) is 5.26 Å². The molecule has 1 aliphatic rings. The van der Waals surface area contributed by atoms with Gasteiger partial charge in [0.2, 0.25) is 0 Å². The topological polar surface area (TPSA) is 53.1 Å². The fourth-order valence-corrected chi connectivity index (χ4v) is 7.43. The molecular weight excluding hydrogens is 633 g/mol. The minimum atomic E-state index is -0.128. The van der Waals surface area contributed by atoms with Crippen LogP contribution in [-0.2, 0) is 0 Å². The van der Waals surface area contributed by atoms with Crippen LogP contribution >= 0.6 is 0 Å². The summed E-state index contributed by atoms with van der Waals surface area (Å²) in [7, 11) is 0.